The summed E-state index contributed by atoms with van der Waals surface area (Å²) in [5, 5.41) is 9.23. The molecule has 39 heavy (non-hydrogen) atoms. The number of ether oxygens (including phenoxy) is 3. The van der Waals surface area contributed by atoms with Crippen LogP contribution >= 0.6 is 22.6 Å². The topological polar surface area (TPSA) is 127 Å². The molecule has 3 rings (SSSR count). The highest BCUT2D eigenvalue weighted by Crippen LogP contribution is 2.33. The monoisotopic (exact) mass is 644 g/mol. The summed E-state index contributed by atoms with van der Waals surface area (Å²) in [5.41, 5.74) is 6.95. The number of carbonyl (C=O) groups excluding carboxylic acids is 3. The summed E-state index contributed by atoms with van der Waals surface area (Å²) in [6, 6.07) is 14.1. The molecule has 0 spiro atoms. The molecule has 0 saturated carbocycles. The third-order valence-electron chi connectivity index (χ3n) is 5.48. The van der Waals surface area contributed by atoms with Gasteiger partial charge in [-0.05, 0) is 84.3 Å². The van der Waals surface area contributed by atoms with Crippen molar-refractivity contribution in [2.45, 2.75) is 20.8 Å². The maximum absolute atomic E-state index is 12.6. The molecule has 0 saturated heterocycles. The smallest absolute Gasteiger partial charge is 0.329 e. The number of aryl methyl sites for hydroxylation is 3. The van der Waals surface area contributed by atoms with Gasteiger partial charge in [0.05, 0.1) is 29.7 Å². The highest BCUT2D eigenvalue weighted by Gasteiger charge is 2.16. The Morgan fingerprint density at radius 3 is 2.23 bits per heavy atom. The number of anilines is 2. The van der Waals surface area contributed by atoms with Gasteiger partial charge < -0.3 is 24.8 Å². The molecule has 10 nitrogen and oxygen atoms in total. The average molecular weight is 644 g/mol. The Kier molecular flexibility index (Phi) is 10.3. The Bertz CT molecular complexity index is 1400. The Hall–Kier alpha value is -4.13. The van der Waals surface area contributed by atoms with Crippen LogP contribution in [-0.2, 0) is 14.4 Å². The SMILES string of the molecule is COc1ccccc1NC(=O)C(=O)NN=Cc1cc(I)c(OCC(=O)Nc2c(C)cc(C)cc2C)c(OC)c1. The lowest BCUT2D eigenvalue weighted by molar-refractivity contribution is -0.136. The number of halogens is 1. The van der Waals surface area contributed by atoms with E-state index in [9.17, 15) is 14.4 Å². The van der Waals surface area contributed by atoms with Crippen LogP contribution in [0.5, 0.6) is 17.2 Å². The van der Waals surface area contributed by atoms with Crippen LogP contribution in [0.25, 0.3) is 0 Å². The Labute approximate surface area is 240 Å². The summed E-state index contributed by atoms with van der Waals surface area (Å²) >= 11 is 2.05. The molecule has 3 amide bonds. The molecule has 11 heteroatoms. The van der Waals surface area contributed by atoms with Gasteiger partial charge in [-0.15, -0.1) is 0 Å². The first-order valence-corrected chi connectivity index (χ1v) is 12.9. The molecule has 0 radical (unpaired) electrons. The van der Waals surface area contributed by atoms with E-state index in [1.807, 2.05) is 32.9 Å². The second-order valence-corrected chi connectivity index (χ2v) is 9.66. The van der Waals surface area contributed by atoms with Crippen LogP contribution in [0.2, 0.25) is 0 Å². The number of para-hydroxylation sites is 2. The lowest BCUT2D eigenvalue weighted by Gasteiger charge is -2.15. The predicted octanol–water partition coefficient (Wildman–Crippen LogP) is 4.34. The maximum atomic E-state index is 12.6. The van der Waals surface area contributed by atoms with Crippen molar-refractivity contribution in [3.8, 4) is 17.2 Å². The standard InChI is InChI=1S/C28H29IN4O6/c1-16-10-17(2)25(18(3)11-16)32-24(34)15-39-26-20(29)12-19(13-23(26)38-5)14-30-33-28(36)27(35)31-21-8-6-7-9-22(21)37-4/h6-14H,15H2,1-5H3,(H,31,35)(H,32,34)(H,33,36). The van der Waals surface area contributed by atoms with Gasteiger partial charge in [0.25, 0.3) is 5.91 Å². The Morgan fingerprint density at radius 1 is 0.897 bits per heavy atom. The van der Waals surface area contributed by atoms with Gasteiger partial charge in [-0.3, -0.25) is 14.4 Å². The molecule has 0 fully saturated rings. The average Bonchev–Trinajstić information content (AvgIpc) is 2.90. The molecule has 0 atom stereocenters. The third kappa shape index (κ3) is 7.93. The highest BCUT2D eigenvalue weighted by atomic mass is 127. The summed E-state index contributed by atoms with van der Waals surface area (Å²) in [6.45, 7) is 5.67. The maximum Gasteiger partial charge on any atom is 0.329 e. The van der Waals surface area contributed by atoms with Gasteiger partial charge in [-0.2, -0.15) is 5.10 Å². The summed E-state index contributed by atoms with van der Waals surface area (Å²) in [4.78, 5) is 36.9. The van der Waals surface area contributed by atoms with Gasteiger partial charge in [-0.1, -0.05) is 29.8 Å². The van der Waals surface area contributed by atoms with Crippen molar-refractivity contribution in [1.82, 2.24) is 5.43 Å². The van der Waals surface area contributed by atoms with E-state index in [-0.39, 0.29) is 12.5 Å². The van der Waals surface area contributed by atoms with Gasteiger partial charge in [0.2, 0.25) is 0 Å². The number of rotatable bonds is 9. The van der Waals surface area contributed by atoms with Gasteiger partial charge in [0.15, 0.2) is 18.1 Å². The first-order valence-electron chi connectivity index (χ1n) is 11.8. The lowest BCUT2D eigenvalue weighted by atomic mass is 10.1. The minimum Gasteiger partial charge on any atom is -0.495 e. The second kappa shape index (κ2) is 13.6. The van der Waals surface area contributed by atoms with Crippen molar-refractivity contribution in [2.75, 3.05) is 31.5 Å². The first-order chi connectivity index (χ1) is 18.6. The zero-order valence-electron chi connectivity index (χ0n) is 22.2. The number of amides is 3. The van der Waals surface area contributed by atoms with E-state index in [1.165, 1.54) is 20.4 Å². The molecule has 3 aromatic carbocycles. The summed E-state index contributed by atoms with van der Waals surface area (Å²) in [5.74, 6) is -0.973. The van der Waals surface area contributed by atoms with E-state index in [0.29, 0.717) is 32.1 Å². The van der Waals surface area contributed by atoms with E-state index in [1.54, 1.807) is 36.4 Å². The Morgan fingerprint density at radius 2 is 1.56 bits per heavy atom. The van der Waals surface area contributed by atoms with Crippen molar-refractivity contribution in [3.05, 3.63) is 74.4 Å². The molecular formula is C28H29IN4O6. The largest absolute Gasteiger partial charge is 0.495 e. The molecule has 0 aromatic heterocycles. The predicted molar refractivity (Wildman–Crippen MR) is 158 cm³/mol. The number of hydrogen-bond acceptors (Lipinski definition) is 7. The summed E-state index contributed by atoms with van der Waals surface area (Å²) in [7, 11) is 2.94. The van der Waals surface area contributed by atoms with E-state index < -0.39 is 11.8 Å². The van der Waals surface area contributed by atoms with Crippen LogP contribution in [0.3, 0.4) is 0 Å². The minimum atomic E-state index is -0.955. The fourth-order valence-corrected chi connectivity index (χ4v) is 4.57. The van der Waals surface area contributed by atoms with E-state index >= 15 is 0 Å². The zero-order valence-corrected chi connectivity index (χ0v) is 24.3. The Balaban J connectivity index is 1.61. The van der Waals surface area contributed by atoms with Crippen LogP contribution < -0.4 is 30.3 Å². The summed E-state index contributed by atoms with van der Waals surface area (Å²) in [6.07, 6.45) is 1.36. The van der Waals surface area contributed by atoms with Crippen molar-refractivity contribution < 1.29 is 28.6 Å². The molecule has 0 aliphatic heterocycles. The van der Waals surface area contributed by atoms with Crippen LogP contribution in [0.1, 0.15) is 22.3 Å². The highest BCUT2D eigenvalue weighted by molar-refractivity contribution is 14.1. The number of hydrogen-bond donors (Lipinski definition) is 3. The van der Waals surface area contributed by atoms with Gasteiger partial charge in [-0.25, -0.2) is 5.43 Å². The number of methoxy groups -OCH3 is 2. The van der Waals surface area contributed by atoms with Crippen molar-refractivity contribution in [3.63, 3.8) is 0 Å². The third-order valence-corrected chi connectivity index (χ3v) is 6.28. The summed E-state index contributed by atoms with van der Waals surface area (Å²) < 4.78 is 17.0. The van der Waals surface area contributed by atoms with E-state index in [2.05, 4.69) is 43.8 Å². The molecule has 0 bridgehead atoms. The quantitative estimate of drug-likeness (QED) is 0.138. The number of benzene rings is 3. The van der Waals surface area contributed by atoms with Crippen molar-refractivity contribution >= 4 is 57.9 Å². The minimum absolute atomic E-state index is 0.218. The molecule has 3 aromatic rings. The normalized spacial score (nSPS) is 10.6. The molecule has 204 valence electrons. The lowest BCUT2D eigenvalue weighted by Crippen LogP contribution is -2.32. The van der Waals surface area contributed by atoms with E-state index in [0.717, 1.165) is 22.4 Å². The van der Waals surface area contributed by atoms with Gasteiger partial charge in [0.1, 0.15) is 5.75 Å². The number of carbonyl (C=O) groups is 3. The molecule has 3 N–H and O–H groups in total. The first kappa shape index (κ1) is 29.4. The second-order valence-electron chi connectivity index (χ2n) is 8.50. The van der Waals surface area contributed by atoms with Gasteiger partial charge >= 0.3 is 11.8 Å². The molecule has 0 heterocycles. The fraction of sp³-hybridized carbons (Fsp3) is 0.214. The molecule has 0 aliphatic carbocycles. The van der Waals surface area contributed by atoms with Crippen molar-refractivity contribution in [1.29, 1.82) is 0 Å². The molecule has 0 aliphatic rings. The fourth-order valence-electron chi connectivity index (χ4n) is 3.79. The van der Waals surface area contributed by atoms with Crippen LogP contribution in [0.4, 0.5) is 11.4 Å². The number of nitrogens with one attached hydrogen (secondary N) is 3. The molecule has 0 unspecified atom stereocenters. The number of nitrogens with zero attached hydrogens (tertiary/aromatic N) is 1. The number of hydrazone groups is 1. The van der Waals surface area contributed by atoms with Crippen LogP contribution in [-0.4, -0.2) is 44.8 Å². The zero-order chi connectivity index (χ0) is 28.5. The van der Waals surface area contributed by atoms with E-state index in [4.69, 9.17) is 14.2 Å². The molecular weight excluding hydrogens is 615 g/mol. The van der Waals surface area contributed by atoms with Crippen molar-refractivity contribution in [2.24, 2.45) is 5.10 Å². The van der Waals surface area contributed by atoms with Gasteiger partial charge in [0, 0.05) is 5.69 Å². The van der Waals surface area contributed by atoms with Crippen LogP contribution in [0, 0.1) is 24.3 Å². The van der Waals surface area contributed by atoms with Crippen LogP contribution in [0.15, 0.2) is 53.6 Å².